The van der Waals surface area contributed by atoms with Crippen LogP contribution in [0, 0.1) is 0 Å². The lowest BCUT2D eigenvalue weighted by atomic mass is 10.1. The Kier molecular flexibility index (Phi) is 9.94. The van der Waals surface area contributed by atoms with Crippen LogP contribution in [0.2, 0.25) is 0 Å². The molecule has 0 aliphatic heterocycles. The Hall–Kier alpha value is -2.40. The van der Waals surface area contributed by atoms with Gasteiger partial charge in [0, 0.05) is 6.08 Å². The van der Waals surface area contributed by atoms with Gasteiger partial charge < -0.3 is 14.2 Å². The molecule has 5 nitrogen and oxygen atoms in total. The molecule has 0 bridgehead atoms. The number of carbonyl (C=O) groups is 2. The van der Waals surface area contributed by atoms with Crippen molar-refractivity contribution in [2.24, 2.45) is 0 Å². The van der Waals surface area contributed by atoms with E-state index in [4.69, 9.17) is 14.2 Å². The number of esters is 2. The van der Waals surface area contributed by atoms with Gasteiger partial charge in [0.25, 0.3) is 0 Å². The van der Waals surface area contributed by atoms with Crippen molar-refractivity contribution in [3.05, 3.63) is 60.8 Å². The fourth-order valence-electron chi connectivity index (χ4n) is 2.04. The van der Waals surface area contributed by atoms with Gasteiger partial charge in [0.1, 0.15) is 13.2 Å². The van der Waals surface area contributed by atoms with Crippen molar-refractivity contribution in [1.29, 1.82) is 0 Å². The Bertz CT molecular complexity index is 569. The van der Waals surface area contributed by atoms with E-state index in [1.165, 1.54) is 6.08 Å². The summed E-state index contributed by atoms with van der Waals surface area (Å²) < 4.78 is 15.9. The Balaban J connectivity index is 2.22. The van der Waals surface area contributed by atoms with Crippen LogP contribution in [0.25, 0.3) is 0 Å². The molecule has 2 unspecified atom stereocenters. The Morgan fingerprint density at radius 3 is 2.48 bits per heavy atom. The van der Waals surface area contributed by atoms with Crippen molar-refractivity contribution in [2.75, 3.05) is 13.2 Å². The molecule has 0 aromatic rings. The summed E-state index contributed by atoms with van der Waals surface area (Å²) in [6, 6.07) is 0. The minimum Gasteiger partial charge on any atom is -0.460 e. The van der Waals surface area contributed by atoms with Crippen molar-refractivity contribution in [3.8, 4) is 0 Å². The maximum atomic E-state index is 11.9. The zero-order valence-electron chi connectivity index (χ0n) is 14.9. The molecular weight excluding hydrogens is 320 g/mol. The summed E-state index contributed by atoms with van der Waals surface area (Å²) in [5, 5.41) is 0. The zero-order chi connectivity index (χ0) is 18.5. The molecule has 1 aliphatic rings. The molecule has 0 fully saturated rings. The number of hydrogen-bond acceptors (Lipinski definition) is 5. The maximum absolute atomic E-state index is 11.9. The zero-order valence-corrected chi connectivity index (χ0v) is 14.9. The van der Waals surface area contributed by atoms with E-state index in [0.29, 0.717) is 5.57 Å². The van der Waals surface area contributed by atoms with E-state index >= 15 is 0 Å². The van der Waals surface area contributed by atoms with Gasteiger partial charge in [0.2, 0.25) is 0 Å². The summed E-state index contributed by atoms with van der Waals surface area (Å²) in [4.78, 5) is 23.3. The first-order valence-electron chi connectivity index (χ1n) is 8.34. The monoisotopic (exact) mass is 346 g/mol. The number of ether oxygens (including phenoxy) is 3. The van der Waals surface area contributed by atoms with Gasteiger partial charge in [0.15, 0.2) is 0 Å². The van der Waals surface area contributed by atoms with Gasteiger partial charge in [0.05, 0.1) is 17.8 Å². The summed E-state index contributed by atoms with van der Waals surface area (Å²) >= 11 is 0. The number of hydrogen-bond donors (Lipinski definition) is 0. The molecule has 0 radical (unpaired) electrons. The lowest BCUT2D eigenvalue weighted by Crippen LogP contribution is -2.27. The fraction of sp³-hybridized carbons (Fsp3) is 0.400. The highest BCUT2D eigenvalue weighted by atomic mass is 16.6. The molecule has 0 amide bonds. The third kappa shape index (κ3) is 9.47. The van der Waals surface area contributed by atoms with Crippen LogP contribution in [-0.2, 0) is 23.8 Å². The molecule has 1 rings (SSSR count). The van der Waals surface area contributed by atoms with Crippen LogP contribution in [0.15, 0.2) is 60.8 Å². The summed E-state index contributed by atoms with van der Waals surface area (Å²) in [7, 11) is 0. The molecule has 0 heterocycles. The van der Waals surface area contributed by atoms with E-state index in [-0.39, 0.29) is 31.4 Å². The predicted molar refractivity (Wildman–Crippen MR) is 96.9 cm³/mol. The van der Waals surface area contributed by atoms with E-state index in [1.807, 2.05) is 12.2 Å². The predicted octanol–water partition coefficient (Wildman–Crippen LogP) is 3.44. The number of carbonyl (C=O) groups excluding carboxylic acids is 2. The lowest BCUT2D eigenvalue weighted by Gasteiger charge is -2.19. The van der Waals surface area contributed by atoms with Crippen LogP contribution in [-0.4, -0.2) is 37.4 Å². The van der Waals surface area contributed by atoms with Crippen molar-refractivity contribution in [2.45, 2.75) is 38.9 Å². The summed E-state index contributed by atoms with van der Waals surface area (Å²) in [5.41, 5.74) is 0.581. The average molecular weight is 346 g/mol. The molecule has 25 heavy (non-hydrogen) atoms. The number of rotatable bonds is 10. The van der Waals surface area contributed by atoms with Crippen molar-refractivity contribution < 1.29 is 23.8 Å². The van der Waals surface area contributed by atoms with Crippen molar-refractivity contribution in [1.82, 2.24) is 0 Å². The van der Waals surface area contributed by atoms with Crippen LogP contribution < -0.4 is 0 Å². The molecule has 0 aromatic heterocycles. The third-order valence-electron chi connectivity index (χ3n) is 3.20. The Labute approximate surface area is 149 Å². The fourth-order valence-corrected chi connectivity index (χ4v) is 2.04. The van der Waals surface area contributed by atoms with E-state index in [9.17, 15) is 9.59 Å². The Morgan fingerprint density at radius 2 is 1.84 bits per heavy atom. The second kappa shape index (κ2) is 12.0. The first-order chi connectivity index (χ1) is 12.0. The smallest absolute Gasteiger partial charge is 0.337 e. The van der Waals surface area contributed by atoms with Crippen LogP contribution in [0.1, 0.15) is 26.7 Å². The van der Waals surface area contributed by atoms with E-state index in [2.05, 4.69) is 6.58 Å². The molecule has 0 spiro atoms. The minimum atomic E-state index is -0.445. The van der Waals surface area contributed by atoms with E-state index in [1.54, 1.807) is 44.2 Å². The van der Waals surface area contributed by atoms with E-state index < -0.39 is 5.97 Å². The highest BCUT2D eigenvalue weighted by Crippen LogP contribution is 2.11. The van der Waals surface area contributed by atoms with Gasteiger partial charge in [-0.15, -0.1) is 0 Å². The molecule has 0 N–H and O–H groups in total. The molecule has 5 heteroatoms. The SMILES string of the molecule is C=C/C=C\C=C\C(=O)OCC(C)OC(C)COC(=O)C1=CCCC=C1. The van der Waals surface area contributed by atoms with Crippen molar-refractivity contribution >= 4 is 11.9 Å². The van der Waals surface area contributed by atoms with Crippen LogP contribution in [0.4, 0.5) is 0 Å². The van der Waals surface area contributed by atoms with Crippen LogP contribution in [0.5, 0.6) is 0 Å². The summed E-state index contributed by atoms with van der Waals surface area (Å²) in [5.74, 6) is -0.789. The highest BCUT2D eigenvalue weighted by Gasteiger charge is 2.15. The second-order valence-corrected chi connectivity index (χ2v) is 5.60. The normalized spacial score (nSPS) is 16.5. The van der Waals surface area contributed by atoms with Crippen LogP contribution >= 0.6 is 0 Å². The lowest BCUT2D eigenvalue weighted by molar-refractivity contribution is -0.148. The molecule has 1 aliphatic carbocycles. The first-order valence-corrected chi connectivity index (χ1v) is 8.34. The molecule has 2 atom stereocenters. The quantitative estimate of drug-likeness (QED) is 0.344. The summed E-state index contributed by atoms with van der Waals surface area (Å²) in [6.45, 7) is 7.39. The molecular formula is C20H26O5. The standard InChI is InChI=1S/C20H26O5/c1-4-5-6-10-13-19(21)23-14-16(2)25-17(3)15-24-20(22)18-11-8-7-9-12-18/h4-6,8,10-13,16-17H,1,7,9,14-15H2,2-3H3/b6-5-,13-10+. The minimum absolute atomic E-state index is 0.126. The average Bonchev–Trinajstić information content (AvgIpc) is 2.62. The molecule has 0 aromatic carbocycles. The second-order valence-electron chi connectivity index (χ2n) is 5.60. The highest BCUT2D eigenvalue weighted by molar-refractivity contribution is 5.91. The maximum Gasteiger partial charge on any atom is 0.337 e. The van der Waals surface area contributed by atoms with Gasteiger partial charge in [-0.2, -0.15) is 0 Å². The topological polar surface area (TPSA) is 61.8 Å². The third-order valence-corrected chi connectivity index (χ3v) is 3.20. The number of allylic oxidation sites excluding steroid dienone is 6. The van der Waals surface area contributed by atoms with Crippen LogP contribution in [0.3, 0.4) is 0 Å². The van der Waals surface area contributed by atoms with Gasteiger partial charge in [-0.3, -0.25) is 0 Å². The van der Waals surface area contributed by atoms with Crippen molar-refractivity contribution in [3.63, 3.8) is 0 Å². The molecule has 0 saturated carbocycles. The Morgan fingerprint density at radius 1 is 1.12 bits per heavy atom. The van der Waals surface area contributed by atoms with E-state index in [0.717, 1.165) is 12.8 Å². The first kappa shape index (κ1) is 20.6. The summed E-state index contributed by atoms with van der Waals surface area (Å²) in [6.07, 6.45) is 14.7. The van der Waals surface area contributed by atoms with Gasteiger partial charge in [-0.1, -0.05) is 49.1 Å². The largest absolute Gasteiger partial charge is 0.460 e. The van der Waals surface area contributed by atoms with Gasteiger partial charge in [-0.05, 0) is 26.7 Å². The van der Waals surface area contributed by atoms with Gasteiger partial charge in [-0.25, -0.2) is 9.59 Å². The molecule has 0 saturated heterocycles. The van der Waals surface area contributed by atoms with Gasteiger partial charge >= 0.3 is 11.9 Å². The molecule has 136 valence electrons.